The summed E-state index contributed by atoms with van der Waals surface area (Å²) in [6.07, 6.45) is 0. The number of amides is 2. The van der Waals surface area contributed by atoms with Crippen LogP contribution in [-0.4, -0.2) is 34.3 Å². The van der Waals surface area contributed by atoms with Gasteiger partial charge >= 0.3 is 5.97 Å². The van der Waals surface area contributed by atoms with E-state index in [1.165, 1.54) is 12.1 Å². The SMILES string of the molecule is CC(C)C.O=C(O)CN1C(=O)c2ccccc2C1=O. The normalized spacial score (nSPS) is 13.2. The van der Waals surface area contributed by atoms with E-state index in [0.717, 1.165) is 10.8 Å². The number of carboxylic acid groups (broad SMARTS) is 1. The van der Waals surface area contributed by atoms with E-state index in [-0.39, 0.29) is 11.1 Å². The Labute approximate surface area is 111 Å². The van der Waals surface area contributed by atoms with Crippen LogP contribution in [0.2, 0.25) is 0 Å². The monoisotopic (exact) mass is 263 g/mol. The highest BCUT2D eigenvalue weighted by molar-refractivity contribution is 6.22. The summed E-state index contributed by atoms with van der Waals surface area (Å²) in [6.45, 7) is 5.91. The highest BCUT2D eigenvalue weighted by atomic mass is 16.4. The zero-order valence-corrected chi connectivity index (χ0v) is 11.2. The molecule has 0 fully saturated rings. The van der Waals surface area contributed by atoms with Gasteiger partial charge in [0.25, 0.3) is 11.8 Å². The molecule has 0 spiro atoms. The van der Waals surface area contributed by atoms with Crippen LogP contribution in [0.3, 0.4) is 0 Å². The number of imide groups is 1. The lowest BCUT2D eigenvalue weighted by atomic mass is 10.1. The second-order valence-electron chi connectivity index (χ2n) is 4.87. The van der Waals surface area contributed by atoms with Crippen LogP contribution < -0.4 is 0 Å². The van der Waals surface area contributed by atoms with Crippen LogP contribution in [-0.2, 0) is 4.79 Å². The van der Waals surface area contributed by atoms with Crippen LogP contribution in [0.5, 0.6) is 0 Å². The Kier molecular flexibility index (Phi) is 4.80. The molecule has 0 bridgehead atoms. The van der Waals surface area contributed by atoms with Crippen molar-refractivity contribution in [3.05, 3.63) is 35.4 Å². The molecule has 1 heterocycles. The number of carbonyl (C=O) groups is 3. The lowest BCUT2D eigenvalue weighted by Crippen LogP contribution is -2.34. The number of fused-ring (bicyclic) bond motifs is 1. The molecule has 0 aliphatic carbocycles. The van der Waals surface area contributed by atoms with Crippen molar-refractivity contribution in [1.29, 1.82) is 0 Å². The topological polar surface area (TPSA) is 74.7 Å². The minimum Gasteiger partial charge on any atom is -0.480 e. The number of carbonyl (C=O) groups excluding carboxylic acids is 2. The molecule has 1 aliphatic heterocycles. The number of hydrogen-bond acceptors (Lipinski definition) is 3. The van der Waals surface area contributed by atoms with Gasteiger partial charge in [0.15, 0.2) is 0 Å². The standard InChI is InChI=1S/C10H7NO4.C4H10/c12-8(13)5-11-9(14)6-3-1-2-4-7(6)10(11)15;1-4(2)3/h1-4H,5H2,(H,12,13);4H,1-3H3. The summed E-state index contributed by atoms with van der Waals surface area (Å²) in [5.74, 6) is -1.46. The summed E-state index contributed by atoms with van der Waals surface area (Å²) in [6, 6.07) is 6.29. The molecule has 19 heavy (non-hydrogen) atoms. The Bertz CT molecular complexity index is 470. The summed E-state index contributed by atoms with van der Waals surface area (Å²) in [4.78, 5) is 34.3. The molecule has 1 aliphatic rings. The molecule has 1 N–H and O–H groups in total. The molecule has 1 aromatic rings. The molecular formula is C14H17NO4. The Hall–Kier alpha value is -2.17. The summed E-state index contributed by atoms with van der Waals surface area (Å²) >= 11 is 0. The smallest absolute Gasteiger partial charge is 0.323 e. The highest BCUT2D eigenvalue weighted by Crippen LogP contribution is 2.21. The maximum Gasteiger partial charge on any atom is 0.323 e. The molecule has 0 saturated heterocycles. The third-order valence-corrected chi connectivity index (χ3v) is 2.17. The molecule has 0 radical (unpaired) electrons. The number of benzene rings is 1. The molecule has 0 unspecified atom stereocenters. The van der Waals surface area contributed by atoms with Crippen LogP contribution in [0.25, 0.3) is 0 Å². The van der Waals surface area contributed by atoms with Crippen molar-refractivity contribution in [1.82, 2.24) is 4.90 Å². The van der Waals surface area contributed by atoms with E-state index in [1.807, 2.05) is 0 Å². The molecule has 5 nitrogen and oxygen atoms in total. The average molecular weight is 263 g/mol. The Morgan fingerprint density at radius 2 is 1.47 bits per heavy atom. The van der Waals surface area contributed by atoms with Gasteiger partial charge in [0.05, 0.1) is 11.1 Å². The van der Waals surface area contributed by atoms with E-state index in [1.54, 1.807) is 12.1 Å². The van der Waals surface area contributed by atoms with E-state index < -0.39 is 24.3 Å². The maximum atomic E-state index is 11.6. The van der Waals surface area contributed by atoms with E-state index in [0.29, 0.717) is 0 Å². The highest BCUT2D eigenvalue weighted by Gasteiger charge is 2.35. The Balaban J connectivity index is 0.000000399. The van der Waals surface area contributed by atoms with Crippen molar-refractivity contribution in [3.8, 4) is 0 Å². The molecule has 2 rings (SSSR count). The summed E-state index contributed by atoms with van der Waals surface area (Å²) in [5, 5.41) is 8.54. The number of rotatable bonds is 2. The number of hydrogen-bond donors (Lipinski definition) is 1. The van der Waals surface area contributed by atoms with E-state index >= 15 is 0 Å². The Morgan fingerprint density at radius 1 is 1.11 bits per heavy atom. The molecule has 0 atom stereocenters. The zero-order valence-electron chi connectivity index (χ0n) is 11.2. The van der Waals surface area contributed by atoms with E-state index in [9.17, 15) is 14.4 Å². The van der Waals surface area contributed by atoms with Gasteiger partial charge in [-0.1, -0.05) is 32.9 Å². The fraction of sp³-hybridized carbons (Fsp3) is 0.357. The Morgan fingerprint density at radius 3 is 1.79 bits per heavy atom. The lowest BCUT2D eigenvalue weighted by Gasteiger charge is -2.09. The van der Waals surface area contributed by atoms with Crippen LogP contribution >= 0.6 is 0 Å². The second-order valence-corrected chi connectivity index (χ2v) is 4.87. The maximum absolute atomic E-state index is 11.6. The minimum absolute atomic E-state index is 0.267. The average Bonchev–Trinajstić information content (AvgIpc) is 2.54. The van der Waals surface area contributed by atoms with Crippen LogP contribution in [0, 0.1) is 5.92 Å². The summed E-state index contributed by atoms with van der Waals surface area (Å²) < 4.78 is 0. The largest absolute Gasteiger partial charge is 0.480 e. The molecule has 0 saturated carbocycles. The van der Waals surface area contributed by atoms with Gasteiger partial charge in [-0.05, 0) is 18.1 Å². The number of carboxylic acids is 1. The van der Waals surface area contributed by atoms with Gasteiger partial charge in [-0.15, -0.1) is 0 Å². The summed E-state index contributed by atoms with van der Waals surface area (Å²) in [5.41, 5.74) is 0.535. The zero-order chi connectivity index (χ0) is 14.6. The van der Waals surface area contributed by atoms with E-state index in [2.05, 4.69) is 20.8 Å². The molecule has 5 heteroatoms. The second kappa shape index (κ2) is 6.13. The predicted octanol–water partition coefficient (Wildman–Crippen LogP) is 2.03. The molecular weight excluding hydrogens is 246 g/mol. The quantitative estimate of drug-likeness (QED) is 0.828. The van der Waals surface area contributed by atoms with Gasteiger partial charge in [-0.25, -0.2) is 0 Å². The molecule has 1 aromatic carbocycles. The van der Waals surface area contributed by atoms with Gasteiger partial charge in [0.1, 0.15) is 6.54 Å². The van der Waals surface area contributed by atoms with Crippen molar-refractivity contribution < 1.29 is 19.5 Å². The van der Waals surface area contributed by atoms with Crippen LogP contribution in [0.1, 0.15) is 41.5 Å². The summed E-state index contributed by atoms with van der Waals surface area (Å²) in [7, 11) is 0. The molecule has 2 amide bonds. The fourth-order valence-corrected chi connectivity index (χ4v) is 1.52. The van der Waals surface area contributed by atoms with Gasteiger partial charge in [-0.3, -0.25) is 19.3 Å². The van der Waals surface area contributed by atoms with Crippen molar-refractivity contribution in [2.75, 3.05) is 6.54 Å². The van der Waals surface area contributed by atoms with Gasteiger partial charge in [0.2, 0.25) is 0 Å². The van der Waals surface area contributed by atoms with Crippen molar-refractivity contribution in [3.63, 3.8) is 0 Å². The third kappa shape index (κ3) is 3.64. The first kappa shape index (κ1) is 14.9. The fourth-order valence-electron chi connectivity index (χ4n) is 1.52. The third-order valence-electron chi connectivity index (χ3n) is 2.17. The first-order valence-electron chi connectivity index (χ1n) is 6.01. The van der Waals surface area contributed by atoms with Crippen LogP contribution in [0.4, 0.5) is 0 Å². The van der Waals surface area contributed by atoms with Crippen molar-refractivity contribution in [2.45, 2.75) is 20.8 Å². The van der Waals surface area contributed by atoms with Gasteiger partial charge in [0, 0.05) is 0 Å². The lowest BCUT2D eigenvalue weighted by molar-refractivity contribution is -0.137. The first-order chi connectivity index (χ1) is 8.84. The van der Waals surface area contributed by atoms with Crippen LogP contribution in [0.15, 0.2) is 24.3 Å². The minimum atomic E-state index is -1.20. The molecule has 102 valence electrons. The number of aliphatic carboxylic acids is 1. The van der Waals surface area contributed by atoms with Gasteiger partial charge < -0.3 is 5.11 Å². The predicted molar refractivity (Wildman–Crippen MR) is 70.0 cm³/mol. The van der Waals surface area contributed by atoms with Crippen molar-refractivity contribution >= 4 is 17.8 Å². The van der Waals surface area contributed by atoms with Crippen molar-refractivity contribution in [2.24, 2.45) is 5.92 Å². The van der Waals surface area contributed by atoms with E-state index in [4.69, 9.17) is 5.11 Å². The first-order valence-corrected chi connectivity index (χ1v) is 6.01. The molecule has 0 aromatic heterocycles. The van der Waals surface area contributed by atoms with Gasteiger partial charge in [-0.2, -0.15) is 0 Å². The number of nitrogens with zero attached hydrogens (tertiary/aromatic N) is 1.